The number of benzene rings is 2. The molecule has 1 N–H and O–H groups in total. The van der Waals surface area contributed by atoms with Crippen LogP contribution in [0.1, 0.15) is 12.5 Å². The predicted molar refractivity (Wildman–Crippen MR) is 86.6 cm³/mol. The number of rotatable bonds is 4. The van der Waals surface area contributed by atoms with E-state index < -0.39 is 0 Å². The minimum atomic E-state index is -0.289. The lowest BCUT2D eigenvalue weighted by atomic mass is 10.1. The average Bonchev–Trinajstić information content (AvgIpc) is 2.55. The molecule has 5 nitrogen and oxygen atoms in total. The van der Waals surface area contributed by atoms with Gasteiger partial charge in [-0.05, 0) is 50.2 Å². The number of phenolic OH excluding ortho intramolecular Hbond substituents is 1. The molecule has 0 spiro atoms. The Balaban J connectivity index is 1.96. The van der Waals surface area contributed by atoms with Gasteiger partial charge in [0.1, 0.15) is 29.1 Å². The van der Waals surface area contributed by atoms with Crippen molar-refractivity contribution in [3.8, 4) is 23.0 Å². The highest BCUT2D eigenvalue weighted by atomic mass is 16.5. The normalized spacial score (nSPS) is 10.7. The van der Waals surface area contributed by atoms with Crippen LogP contribution in [-0.2, 0) is 0 Å². The van der Waals surface area contributed by atoms with Gasteiger partial charge in [-0.25, -0.2) is 0 Å². The molecule has 3 aromatic rings. The number of hydrogen-bond donors (Lipinski definition) is 1. The van der Waals surface area contributed by atoms with Gasteiger partial charge in [-0.3, -0.25) is 4.79 Å². The average molecular weight is 312 g/mol. The number of phenols is 1. The number of aromatic hydroxyl groups is 1. The van der Waals surface area contributed by atoms with E-state index in [1.165, 1.54) is 18.4 Å². The zero-order chi connectivity index (χ0) is 16.4. The maximum absolute atomic E-state index is 12.5. The molecule has 5 heteroatoms. The van der Waals surface area contributed by atoms with Crippen LogP contribution in [0.15, 0.2) is 51.9 Å². The lowest BCUT2D eigenvalue weighted by Gasteiger charge is -2.08. The molecule has 2 aromatic carbocycles. The van der Waals surface area contributed by atoms with E-state index in [1.807, 2.05) is 6.92 Å². The quantitative estimate of drug-likeness (QED) is 0.788. The van der Waals surface area contributed by atoms with Crippen LogP contribution < -0.4 is 14.9 Å². The van der Waals surface area contributed by atoms with Crippen molar-refractivity contribution in [1.29, 1.82) is 0 Å². The Hall–Kier alpha value is -2.95. The fourth-order valence-electron chi connectivity index (χ4n) is 2.28. The monoisotopic (exact) mass is 312 g/mol. The molecular formula is C18H16O5. The topological polar surface area (TPSA) is 68.9 Å². The fraction of sp³-hybridized carbons (Fsp3) is 0.167. The third kappa shape index (κ3) is 2.85. The fourth-order valence-corrected chi connectivity index (χ4v) is 2.28. The second-order valence-electron chi connectivity index (χ2n) is 5.02. The second-order valence-corrected chi connectivity index (χ2v) is 5.02. The first-order chi connectivity index (χ1) is 11.1. The first kappa shape index (κ1) is 15.0. The summed E-state index contributed by atoms with van der Waals surface area (Å²) in [6.45, 7) is 4.18. The lowest BCUT2D eigenvalue weighted by molar-refractivity contribution is 0.339. The van der Waals surface area contributed by atoms with Crippen molar-refractivity contribution in [2.24, 2.45) is 0 Å². The molecule has 0 fully saturated rings. The highest BCUT2D eigenvalue weighted by molar-refractivity contribution is 5.82. The molecule has 0 aliphatic carbocycles. The minimum absolute atomic E-state index is 0.0841. The van der Waals surface area contributed by atoms with Gasteiger partial charge in [-0.15, -0.1) is 0 Å². The molecule has 118 valence electrons. The van der Waals surface area contributed by atoms with Gasteiger partial charge in [-0.2, -0.15) is 0 Å². The summed E-state index contributed by atoms with van der Waals surface area (Å²) in [7, 11) is 0. The molecule has 0 bridgehead atoms. The Morgan fingerprint density at radius 1 is 1.09 bits per heavy atom. The predicted octanol–water partition coefficient (Wildman–Crippen LogP) is 4.00. The van der Waals surface area contributed by atoms with Crippen molar-refractivity contribution in [2.75, 3.05) is 6.61 Å². The molecule has 0 radical (unpaired) electrons. The van der Waals surface area contributed by atoms with Crippen molar-refractivity contribution < 1.29 is 19.0 Å². The maximum atomic E-state index is 12.5. The van der Waals surface area contributed by atoms with Crippen LogP contribution in [-0.4, -0.2) is 11.7 Å². The SMILES string of the molecule is CCOc1ccc(Oc2coc3c(C)c(O)ccc3c2=O)cc1. The smallest absolute Gasteiger partial charge is 0.235 e. The van der Waals surface area contributed by atoms with E-state index in [9.17, 15) is 9.90 Å². The molecule has 3 rings (SSSR count). The summed E-state index contributed by atoms with van der Waals surface area (Å²) in [5.41, 5.74) is 0.587. The maximum Gasteiger partial charge on any atom is 0.235 e. The van der Waals surface area contributed by atoms with Crippen LogP contribution in [0, 0.1) is 6.92 Å². The molecule has 0 saturated heterocycles. The van der Waals surface area contributed by atoms with Gasteiger partial charge < -0.3 is 19.0 Å². The van der Waals surface area contributed by atoms with Crippen molar-refractivity contribution >= 4 is 11.0 Å². The van der Waals surface area contributed by atoms with Crippen molar-refractivity contribution in [1.82, 2.24) is 0 Å². The van der Waals surface area contributed by atoms with Crippen LogP contribution in [0.3, 0.4) is 0 Å². The van der Waals surface area contributed by atoms with Crippen molar-refractivity contribution in [3.05, 3.63) is 58.4 Å². The van der Waals surface area contributed by atoms with E-state index in [0.717, 1.165) is 5.75 Å². The van der Waals surface area contributed by atoms with Gasteiger partial charge in [0.25, 0.3) is 0 Å². The van der Waals surface area contributed by atoms with Crippen molar-refractivity contribution in [2.45, 2.75) is 13.8 Å². The zero-order valence-electron chi connectivity index (χ0n) is 12.8. The third-order valence-electron chi connectivity index (χ3n) is 3.49. The summed E-state index contributed by atoms with van der Waals surface area (Å²) in [6.07, 6.45) is 1.26. The van der Waals surface area contributed by atoms with E-state index in [4.69, 9.17) is 13.9 Å². The molecule has 1 aromatic heterocycles. The van der Waals surface area contributed by atoms with E-state index >= 15 is 0 Å². The highest BCUT2D eigenvalue weighted by Crippen LogP contribution is 2.28. The number of ether oxygens (including phenoxy) is 2. The van der Waals surface area contributed by atoms with Gasteiger partial charge in [0.05, 0.1) is 12.0 Å². The molecule has 0 amide bonds. The van der Waals surface area contributed by atoms with Crippen molar-refractivity contribution in [3.63, 3.8) is 0 Å². The Labute approximate surface area is 132 Å². The summed E-state index contributed by atoms with van der Waals surface area (Å²) in [4.78, 5) is 12.5. The summed E-state index contributed by atoms with van der Waals surface area (Å²) in [5.74, 6) is 1.42. The third-order valence-corrected chi connectivity index (χ3v) is 3.49. The standard InChI is InChI=1S/C18H16O5/c1-3-21-12-4-6-13(7-5-12)23-16-10-22-18-11(2)15(19)9-8-14(18)17(16)20/h4-10,19H,3H2,1-2H3. The molecule has 23 heavy (non-hydrogen) atoms. The lowest BCUT2D eigenvalue weighted by Crippen LogP contribution is -2.05. The summed E-state index contributed by atoms with van der Waals surface area (Å²) >= 11 is 0. The van der Waals surface area contributed by atoms with Crippen LogP contribution >= 0.6 is 0 Å². The molecule has 1 heterocycles. The number of hydrogen-bond acceptors (Lipinski definition) is 5. The first-order valence-electron chi connectivity index (χ1n) is 7.25. The van der Waals surface area contributed by atoms with Gasteiger partial charge in [0.15, 0.2) is 0 Å². The molecule has 0 saturated carbocycles. The molecular weight excluding hydrogens is 296 g/mol. The summed E-state index contributed by atoms with van der Waals surface area (Å²) in [5, 5.41) is 10.0. The molecule has 0 aliphatic rings. The van der Waals surface area contributed by atoms with Crippen LogP contribution in [0.2, 0.25) is 0 Å². The van der Waals surface area contributed by atoms with E-state index in [-0.39, 0.29) is 16.9 Å². The molecule has 0 atom stereocenters. The molecule has 0 unspecified atom stereocenters. The second kappa shape index (κ2) is 6.04. The largest absolute Gasteiger partial charge is 0.508 e. The number of fused-ring (bicyclic) bond motifs is 1. The minimum Gasteiger partial charge on any atom is -0.508 e. The highest BCUT2D eigenvalue weighted by Gasteiger charge is 2.12. The van der Waals surface area contributed by atoms with Gasteiger partial charge in [-0.1, -0.05) is 0 Å². The van der Waals surface area contributed by atoms with Gasteiger partial charge in [0, 0.05) is 5.56 Å². The summed E-state index contributed by atoms with van der Waals surface area (Å²) in [6, 6.07) is 9.96. The van der Waals surface area contributed by atoms with E-state index in [1.54, 1.807) is 31.2 Å². The van der Waals surface area contributed by atoms with E-state index in [0.29, 0.717) is 28.9 Å². The number of aryl methyl sites for hydroxylation is 1. The van der Waals surface area contributed by atoms with Crippen LogP contribution in [0.4, 0.5) is 0 Å². The Morgan fingerprint density at radius 3 is 2.48 bits per heavy atom. The van der Waals surface area contributed by atoms with Gasteiger partial charge in [0.2, 0.25) is 11.2 Å². The first-order valence-corrected chi connectivity index (χ1v) is 7.25. The molecule has 0 aliphatic heterocycles. The van der Waals surface area contributed by atoms with Crippen LogP contribution in [0.5, 0.6) is 23.0 Å². The van der Waals surface area contributed by atoms with E-state index in [2.05, 4.69) is 0 Å². The Morgan fingerprint density at radius 2 is 1.78 bits per heavy atom. The van der Waals surface area contributed by atoms with Gasteiger partial charge >= 0.3 is 0 Å². The zero-order valence-corrected chi connectivity index (χ0v) is 12.8. The Kier molecular flexibility index (Phi) is 3.93. The Bertz CT molecular complexity index is 894. The summed E-state index contributed by atoms with van der Waals surface area (Å²) < 4.78 is 16.4. The van der Waals surface area contributed by atoms with Crippen LogP contribution in [0.25, 0.3) is 11.0 Å².